The van der Waals surface area contributed by atoms with Crippen molar-refractivity contribution in [2.75, 3.05) is 13.1 Å². The molecule has 3 aromatic rings. The summed E-state index contributed by atoms with van der Waals surface area (Å²) in [5.41, 5.74) is 1.66. The molecule has 2 amide bonds. The predicted molar refractivity (Wildman–Crippen MR) is 95.1 cm³/mol. The first kappa shape index (κ1) is 17.1. The molecule has 1 aromatic carbocycles. The molecule has 0 bridgehead atoms. The van der Waals surface area contributed by atoms with E-state index in [1.807, 2.05) is 0 Å². The molecule has 0 saturated carbocycles. The summed E-state index contributed by atoms with van der Waals surface area (Å²) in [6.45, 7) is 1.51. The van der Waals surface area contributed by atoms with E-state index >= 15 is 0 Å². The van der Waals surface area contributed by atoms with Gasteiger partial charge >= 0.3 is 6.03 Å². The van der Waals surface area contributed by atoms with E-state index in [2.05, 4.69) is 20.4 Å². The van der Waals surface area contributed by atoms with Gasteiger partial charge in [0.05, 0.1) is 0 Å². The second kappa shape index (κ2) is 7.53. The van der Waals surface area contributed by atoms with Crippen molar-refractivity contribution >= 4 is 6.03 Å². The van der Waals surface area contributed by atoms with Gasteiger partial charge in [-0.05, 0) is 36.2 Å². The quantitative estimate of drug-likeness (QED) is 0.766. The molecular weight excluding hydrogens is 349 g/mol. The Morgan fingerprint density at radius 3 is 2.78 bits per heavy atom. The van der Waals surface area contributed by atoms with E-state index in [4.69, 9.17) is 4.52 Å². The Balaban J connectivity index is 1.34. The average molecular weight is 367 g/mol. The van der Waals surface area contributed by atoms with Crippen LogP contribution in [0, 0.1) is 5.82 Å². The highest BCUT2D eigenvalue weighted by Crippen LogP contribution is 2.27. The Morgan fingerprint density at radius 2 is 2.00 bits per heavy atom. The fourth-order valence-corrected chi connectivity index (χ4v) is 3.06. The number of likely N-dealkylation sites (tertiary alicyclic amines) is 1. The van der Waals surface area contributed by atoms with Gasteiger partial charge in [-0.25, -0.2) is 9.18 Å². The van der Waals surface area contributed by atoms with Crippen LogP contribution in [0.3, 0.4) is 0 Å². The maximum Gasteiger partial charge on any atom is 0.317 e. The van der Waals surface area contributed by atoms with Gasteiger partial charge in [-0.2, -0.15) is 4.98 Å². The molecule has 0 spiro atoms. The molecule has 1 fully saturated rings. The van der Waals surface area contributed by atoms with Crippen LogP contribution in [-0.4, -0.2) is 39.1 Å². The lowest BCUT2D eigenvalue weighted by Gasteiger charge is -2.16. The molecule has 4 rings (SSSR count). The molecular formula is C19H18FN5O2. The van der Waals surface area contributed by atoms with Crippen molar-refractivity contribution in [2.24, 2.45) is 0 Å². The second-order valence-electron chi connectivity index (χ2n) is 6.41. The molecule has 0 radical (unpaired) electrons. The molecule has 0 aliphatic carbocycles. The first-order valence-corrected chi connectivity index (χ1v) is 8.70. The van der Waals surface area contributed by atoms with Crippen LogP contribution in [0.15, 0.2) is 53.3 Å². The van der Waals surface area contributed by atoms with Crippen LogP contribution in [0.1, 0.15) is 23.7 Å². The third kappa shape index (κ3) is 3.94. The highest BCUT2D eigenvalue weighted by atomic mass is 19.1. The minimum atomic E-state index is -0.293. The average Bonchev–Trinajstić information content (AvgIpc) is 3.37. The van der Waals surface area contributed by atoms with Gasteiger partial charge in [0.1, 0.15) is 5.82 Å². The van der Waals surface area contributed by atoms with Crippen molar-refractivity contribution < 1.29 is 13.7 Å². The molecule has 8 heteroatoms. The minimum absolute atomic E-state index is 0.0425. The SMILES string of the molecule is O=C(NCc1ccc(F)cc1)N1CCC(c2noc(-c3ccncc3)n2)C1. The number of hydrogen-bond donors (Lipinski definition) is 1. The molecule has 1 unspecified atom stereocenters. The number of carbonyl (C=O) groups is 1. The Morgan fingerprint density at radius 1 is 1.22 bits per heavy atom. The maximum absolute atomic E-state index is 12.9. The summed E-state index contributed by atoms with van der Waals surface area (Å²) in [5, 5.41) is 6.93. The second-order valence-corrected chi connectivity index (χ2v) is 6.41. The first-order chi connectivity index (χ1) is 13.2. The van der Waals surface area contributed by atoms with E-state index in [0.717, 1.165) is 17.5 Å². The summed E-state index contributed by atoms with van der Waals surface area (Å²) in [6.07, 6.45) is 4.11. The van der Waals surface area contributed by atoms with E-state index in [-0.39, 0.29) is 17.8 Å². The van der Waals surface area contributed by atoms with Gasteiger partial charge in [-0.15, -0.1) is 0 Å². The lowest BCUT2D eigenvalue weighted by Crippen LogP contribution is -2.38. The molecule has 2 aromatic heterocycles. The minimum Gasteiger partial charge on any atom is -0.334 e. The van der Waals surface area contributed by atoms with Gasteiger partial charge in [-0.1, -0.05) is 17.3 Å². The number of urea groups is 1. The molecule has 138 valence electrons. The van der Waals surface area contributed by atoms with Crippen molar-refractivity contribution in [3.63, 3.8) is 0 Å². The monoisotopic (exact) mass is 367 g/mol. The molecule has 1 saturated heterocycles. The third-order valence-corrected chi connectivity index (χ3v) is 4.57. The van der Waals surface area contributed by atoms with Crippen molar-refractivity contribution in [1.82, 2.24) is 25.3 Å². The summed E-state index contributed by atoms with van der Waals surface area (Å²) in [5.74, 6) is 0.807. The van der Waals surface area contributed by atoms with Crippen molar-refractivity contribution in [1.29, 1.82) is 0 Å². The van der Waals surface area contributed by atoms with Crippen LogP contribution < -0.4 is 5.32 Å². The Hall–Kier alpha value is -3.29. The summed E-state index contributed by atoms with van der Waals surface area (Å²) in [6, 6.07) is 9.53. The third-order valence-electron chi connectivity index (χ3n) is 4.57. The Kier molecular flexibility index (Phi) is 4.78. The zero-order valence-electron chi connectivity index (χ0n) is 14.5. The summed E-state index contributed by atoms with van der Waals surface area (Å²) in [4.78, 5) is 22.5. The Bertz CT molecular complexity index is 913. The highest BCUT2D eigenvalue weighted by molar-refractivity contribution is 5.74. The summed E-state index contributed by atoms with van der Waals surface area (Å²) < 4.78 is 18.3. The number of amides is 2. The molecule has 1 aliphatic rings. The number of benzene rings is 1. The van der Waals surface area contributed by atoms with E-state index in [0.29, 0.717) is 31.3 Å². The van der Waals surface area contributed by atoms with Crippen molar-refractivity contribution in [3.8, 4) is 11.5 Å². The van der Waals surface area contributed by atoms with Crippen molar-refractivity contribution in [3.05, 3.63) is 66.0 Å². The van der Waals surface area contributed by atoms with Gasteiger partial charge in [0.2, 0.25) is 0 Å². The van der Waals surface area contributed by atoms with E-state index in [9.17, 15) is 9.18 Å². The van der Waals surface area contributed by atoms with Crippen LogP contribution in [0.2, 0.25) is 0 Å². The lowest BCUT2D eigenvalue weighted by molar-refractivity contribution is 0.207. The molecule has 1 N–H and O–H groups in total. The number of nitrogens with one attached hydrogen (secondary N) is 1. The van der Waals surface area contributed by atoms with Crippen LogP contribution >= 0.6 is 0 Å². The topological polar surface area (TPSA) is 84.2 Å². The van der Waals surface area contributed by atoms with Crippen LogP contribution in [0.5, 0.6) is 0 Å². The number of carbonyl (C=O) groups excluding carboxylic acids is 1. The van der Waals surface area contributed by atoms with E-state index < -0.39 is 0 Å². The standard InChI is InChI=1S/C19H18FN5O2/c20-16-3-1-13(2-4-16)11-22-19(26)25-10-7-15(12-25)17-23-18(27-24-17)14-5-8-21-9-6-14/h1-6,8-9,15H,7,10-12H2,(H,22,26). The van der Waals surface area contributed by atoms with Crippen LogP contribution in [0.4, 0.5) is 9.18 Å². The number of aromatic nitrogens is 3. The first-order valence-electron chi connectivity index (χ1n) is 8.70. The number of halogens is 1. The zero-order chi connectivity index (χ0) is 18.6. The summed E-state index contributed by atoms with van der Waals surface area (Å²) >= 11 is 0. The molecule has 1 atom stereocenters. The van der Waals surface area contributed by atoms with E-state index in [1.165, 1.54) is 12.1 Å². The number of rotatable bonds is 4. The van der Waals surface area contributed by atoms with Gasteiger partial charge in [0.15, 0.2) is 5.82 Å². The number of pyridine rings is 1. The van der Waals surface area contributed by atoms with Crippen molar-refractivity contribution in [2.45, 2.75) is 18.9 Å². The van der Waals surface area contributed by atoms with Crippen LogP contribution in [0.25, 0.3) is 11.5 Å². The number of nitrogens with zero attached hydrogens (tertiary/aromatic N) is 4. The fourth-order valence-electron chi connectivity index (χ4n) is 3.06. The van der Waals surface area contributed by atoms with Gasteiger partial charge in [-0.3, -0.25) is 4.98 Å². The molecule has 7 nitrogen and oxygen atoms in total. The largest absolute Gasteiger partial charge is 0.334 e. The normalized spacial score (nSPS) is 16.5. The summed E-state index contributed by atoms with van der Waals surface area (Å²) in [7, 11) is 0. The zero-order valence-corrected chi connectivity index (χ0v) is 14.5. The van der Waals surface area contributed by atoms with Gasteiger partial charge in [0, 0.05) is 43.5 Å². The Labute approximate surface area is 155 Å². The van der Waals surface area contributed by atoms with Gasteiger partial charge in [0.25, 0.3) is 5.89 Å². The maximum atomic E-state index is 12.9. The molecule has 27 heavy (non-hydrogen) atoms. The highest BCUT2D eigenvalue weighted by Gasteiger charge is 2.30. The van der Waals surface area contributed by atoms with Gasteiger partial charge < -0.3 is 14.7 Å². The fraction of sp³-hybridized carbons (Fsp3) is 0.263. The number of hydrogen-bond acceptors (Lipinski definition) is 5. The van der Waals surface area contributed by atoms with Crippen LogP contribution in [-0.2, 0) is 6.54 Å². The smallest absolute Gasteiger partial charge is 0.317 e. The predicted octanol–water partition coefficient (Wildman–Crippen LogP) is 2.97. The molecule has 1 aliphatic heterocycles. The van der Waals surface area contributed by atoms with E-state index in [1.54, 1.807) is 41.6 Å². The lowest BCUT2D eigenvalue weighted by atomic mass is 10.1. The molecule has 3 heterocycles.